The van der Waals surface area contributed by atoms with Crippen molar-refractivity contribution in [1.82, 2.24) is 25.5 Å². The molecule has 0 radical (unpaired) electrons. The normalized spacial score (nSPS) is 16.0. The fourth-order valence-electron chi connectivity index (χ4n) is 3.47. The molecule has 0 saturated heterocycles. The summed E-state index contributed by atoms with van der Waals surface area (Å²) in [5.41, 5.74) is 1.11. The molecule has 1 aliphatic carbocycles. The van der Waals surface area contributed by atoms with Gasteiger partial charge in [0.2, 0.25) is 12.7 Å². The van der Waals surface area contributed by atoms with Crippen molar-refractivity contribution in [3.8, 4) is 11.5 Å². The van der Waals surface area contributed by atoms with Crippen molar-refractivity contribution in [2.45, 2.75) is 43.9 Å². The van der Waals surface area contributed by atoms with E-state index in [1.165, 1.54) is 12.8 Å². The maximum Gasteiger partial charge on any atom is 0.231 e. The molecule has 2 aromatic rings. The van der Waals surface area contributed by atoms with Gasteiger partial charge in [-0.1, -0.05) is 18.9 Å². The number of hydrogen-bond donors (Lipinski definition) is 1. The topological polar surface area (TPSA) is 91.2 Å². The maximum atomic E-state index is 12.1. The minimum Gasteiger partial charge on any atom is -0.454 e. The van der Waals surface area contributed by atoms with Crippen molar-refractivity contribution in [3.63, 3.8) is 0 Å². The zero-order valence-corrected chi connectivity index (χ0v) is 15.9. The summed E-state index contributed by atoms with van der Waals surface area (Å²) in [4.78, 5) is 12.1. The molecule has 0 atom stereocenters. The number of carbonyl (C=O) groups excluding carboxylic acids is 1. The van der Waals surface area contributed by atoms with Crippen LogP contribution in [0.1, 0.15) is 43.1 Å². The van der Waals surface area contributed by atoms with Crippen LogP contribution in [0.2, 0.25) is 0 Å². The molecular formula is C18H23N5O3S. The van der Waals surface area contributed by atoms with E-state index in [1.54, 1.807) is 11.8 Å². The van der Waals surface area contributed by atoms with Gasteiger partial charge in [-0.3, -0.25) is 4.79 Å². The van der Waals surface area contributed by atoms with Crippen molar-refractivity contribution in [2.75, 3.05) is 19.1 Å². The van der Waals surface area contributed by atoms with Gasteiger partial charge in [0.15, 0.2) is 17.3 Å². The molecule has 1 aromatic carbocycles. The lowest BCUT2D eigenvalue weighted by Gasteiger charge is -2.11. The number of hydrogen-bond acceptors (Lipinski definition) is 7. The molecule has 4 rings (SSSR count). The number of thioether (sulfide) groups is 1. The van der Waals surface area contributed by atoms with Crippen molar-refractivity contribution in [1.29, 1.82) is 0 Å². The summed E-state index contributed by atoms with van der Waals surface area (Å²) in [7, 11) is 0. The zero-order chi connectivity index (χ0) is 18.5. The van der Waals surface area contributed by atoms with E-state index in [0.717, 1.165) is 42.1 Å². The molecule has 0 bridgehead atoms. The summed E-state index contributed by atoms with van der Waals surface area (Å²) in [5.74, 6) is 3.49. The Bertz CT molecular complexity index is 791. The van der Waals surface area contributed by atoms with E-state index < -0.39 is 0 Å². The Kier molecular flexibility index (Phi) is 5.76. The molecule has 0 unspecified atom stereocenters. The van der Waals surface area contributed by atoms with Gasteiger partial charge < -0.3 is 14.8 Å². The average molecular weight is 389 g/mol. The van der Waals surface area contributed by atoms with E-state index in [2.05, 4.69) is 20.8 Å². The van der Waals surface area contributed by atoms with Gasteiger partial charge in [0.25, 0.3) is 0 Å². The first-order valence-electron chi connectivity index (χ1n) is 9.29. The third kappa shape index (κ3) is 4.52. The Labute approximate surface area is 162 Å². The fourth-order valence-corrected chi connectivity index (χ4v) is 4.23. The highest BCUT2D eigenvalue weighted by atomic mass is 32.2. The Hall–Kier alpha value is -2.29. The predicted octanol–water partition coefficient (Wildman–Crippen LogP) is 2.11. The van der Waals surface area contributed by atoms with Crippen LogP contribution < -0.4 is 14.8 Å². The molecule has 9 heteroatoms. The molecule has 1 saturated carbocycles. The third-order valence-electron chi connectivity index (χ3n) is 4.87. The van der Waals surface area contributed by atoms with E-state index in [9.17, 15) is 4.79 Å². The van der Waals surface area contributed by atoms with Gasteiger partial charge >= 0.3 is 0 Å². The van der Waals surface area contributed by atoms with E-state index >= 15 is 0 Å². The minimum atomic E-state index is 0.0284. The average Bonchev–Trinajstić information content (AvgIpc) is 3.42. The number of fused-ring (bicyclic) bond motifs is 1. The minimum absolute atomic E-state index is 0.0284. The van der Waals surface area contributed by atoms with E-state index in [0.29, 0.717) is 24.1 Å². The maximum absolute atomic E-state index is 12.1. The van der Waals surface area contributed by atoms with Crippen LogP contribution in [-0.4, -0.2) is 45.2 Å². The number of carbonyl (C=O) groups is 1. The first-order chi connectivity index (χ1) is 13.3. The number of nitrogens with zero attached hydrogens (tertiary/aromatic N) is 4. The summed E-state index contributed by atoms with van der Waals surface area (Å²) in [6, 6.07) is 6.29. The van der Waals surface area contributed by atoms with Crippen LogP contribution in [0.3, 0.4) is 0 Å². The van der Waals surface area contributed by atoms with Crippen LogP contribution in [-0.2, 0) is 17.0 Å². The Morgan fingerprint density at radius 3 is 3.00 bits per heavy atom. The molecule has 1 amide bonds. The molecule has 1 aliphatic heterocycles. The fraction of sp³-hybridized carbons (Fsp3) is 0.556. The molecule has 1 aromatic heterocycles. The van der Waals surface area contributed by atoms with Crippen molar-refractivity contribution in [2.24, 2.45) is 0 Å². The number of tetrazole rings is 1. The molecule has 8 nitrogen and oxygen atoms in total. The van der Waals surface area contributed by atoms with E-state index in [4.69, 9.17) is 9.47 Å². The lowest BCUT2D eigenvalue weighted by atomic mass is 10.1. The highest BCUT2D eigenvalue weighted by Gasteiger charge is 2.21. The van der Waals surface area contributed by atoms with E-state index in [-0.39, 0.29) is 12.7 Å². The van der Waals surface area contributed by atoms with Crippen LogP contribution in [0.4, 0.5) is 0 Å². The highest BCUT2D eigenvalue weighted by molar-refractivity contribution is 7.99. The first-order valence-corrected chi connectivity index (χ1v) is 10.4. The summed E-state index contributed by atoms with van der Waals surface area (Å²) >= 11 is 1.54. The van der Waals surface area contributed by atoms with Gasteiger partial charge in [0.1, 0.15) is 0 Å². The Morgan fingerprint density at radius 2 is 2.11 bits per heavy atom. The smallest absolute Gasteiger partial charge is 0.231 e. The molecule has 2 aliphatic rings. The van der Waals surface area contributed by atoms with Crippen molar-refractivity contribution >= 4 is 17.7 Å². The van der Waals surface area contributed by atoms with Crippen LogP contribution in [0.5, 0.6) is 11.5 Å². The van der Waals surface area contributed by atoms with Gasteiger partial charge in [0.05, 0.1) is 17.5 Å². The Morgan fingerprint density at radius 1 is 1.26 bits per heavy atom. The summed E-state index contributed by atoms with van der Waals surface area (Å²) in [6.07, 6.45) is 5.52. The number of aromatic nitrogens is 4. The summed E-state index contributed by atoms with van der Waals surface area (Å²) < 4.78 is 12.6. The number of ether oxygens (including phenoxy) is 2. The number of rotatable bonds is 8. The molecule has 2 heterocycles. The van der Waals surface area contributed by atoms with Gasteiger partial charge in [-0.25, -0.2) is 4.68 Å². The number of nitrogens with one attached hydrogen (secondary N) is 1. The van der Waals surface area contributed by atoms with Gasteiger partial charge in [-0.15, -0.1) is 16.9 Å². The lowest BCUT2D eigenvalue weighted by molar-refractivity contribution is -0.118. The van der Waals surface area contributed by atoms with Crippen molar-refractivity contribution in [3.05, 3.63) is 29.6 Å². The van der Waals surface area contributed by atoms with Crippen LogP contribution >= 0.6 is 11.8 Å². The number of benzene rings is 1. The third-order valence-corrected chi connectivity index (χ3v) is 5.80. The van der Waals surface area contributed by atoms with Crippen molar-refractivity contribution < 1.29 is 14.3 Å². The SMILES string of the molecule is O=C(CSCc1nnnn1C1CCCC1)NCCc1ccc2c(c1)OCO2. The second kappa shape index (κ2) is 8.60. The molecule has 27 heavy (non-hydrogen) atoms. The standard InChI is InChI=1S/C18H23N5O3S/c24-18(19-8-7-13-5-6-15-16(9-13)26-12-25-15)11-27-10-17-20-21-22-23(17)14-3-1-2-4-14/h5-6,9,14H,1-4,7-8,10-12H2,(H,19,24). The van der Waals surface area contributed by atoms with Crippen LogP contribution in [0.15, 0.2) is 18.2 Å². The molecule has 0 spiro atoms. The van der Waals surface area contributed by atoms with Crippen LogP contribution in [0, 0.1) is 0 Å². The summed E-state index contributed by atoms with van der Waals surface area (Å²) in [5, 5.41) is 15.0. The second-order valence-corrected chi connectivity index (χ2v) is 7.74. The quantitative estimate of drug-likeness (QED) is 0.739. The van der Waals surface area contributed by atoms with Gasteiger partial charge in [0, 0.05) is 6.54 Å². The molecule has 1 fully saturated rings. The Balaban J connectivity index is 1.17. The highest BCUT2D eigenvalue weighted by Crippen LogP contribution is 2.32. The monoisotopic (exact) mass is 389 g/mol. The summed E-state index contributed by atoms with van der Waals surface area (Å²) in [6.45, 7) is 0.871. The molecule has 144 valence electrons. The molecule has 1 N–H and O–H groups in total. The van der Waals surface area contributed by atoms with Crippen LogP contribution in [0.25, 0.3) is 0 Å². The zero-order valence-electron chi connectivity index (χ0n) is 15.1. The largest absolute Gasteiger partial charge is 0.454 e. The first kappa shape index (κ1) is 18.1. The predicted molar refractivity (Wildman–Crippen MR) is 101 cm³/mol. The van der Waals surface area contributed by atoms with Gasteiger partial charge in [-0.2, -0.15) is 0 Å². The lowest BCUT2D eigenvalue weighted by Crippen LogP contribution is -2.27. The second-order valence-electron chi connectivity index (χ2n) is 6.76. The van der Waals surface area contributed by atoms with Gasteiger partial charge in [-0.05, 0) is 47.4 Å². The van der Waals surface area contributed by atoms with E-state index in [1.807, 2.05) is 22.9 Å². The number of amides is 1. The molecular weight excluding hydrogens is 366 g/mol.